The molecule has 196 valence electrons. The Bertz CT molecular complexity index is 1560. The molecule has 0 atom stereocenters. The fourth-order valence-electron chi connectivity index (χ4n) is 3.75. The number of para-hydroxylation sites is 1. The molecule has 0 saturated carbocycles. The van der Waals surface area contributed by atoms with Crippen LogP contribution in [0.4, 0.5) is 24.5 Å². The molecule has 1 amide bonds. The maximum Gasteiger partial charge on any atom is 0.416 e. The van der Waals surface area contributed by atoms with E-state index in [9.17, 15) is 26.4 Å². The fraction of sp³-hybridized carbons (Fsp3) is 0.107. The van der Waals surface area contributed by atoms with Crippen molar-refractivity contribution in [3.63, 3.8) is 0 Å². The van der Waals surface area contributed by atoms with Gasteiger partial charge in [-0.1, -0.05) is 59.6 Å². The number of nitrogens with zero attached hydrogens (tertiary/aromatic N) is 1. The summed E-state index contributed by atoms with van der Waals surface area (Å²) in [7, 11) is -4.16. The van der Waals surface area contributed by atoms with Gasteiger partial charge in [0.15, 0.2) is 0 Å². The average molecular weight is 559 g/mol. The Morgan fingerprint density at radius 3 is 2.21 bits per heavy atom. The highest BCUT2D eigenvalue weighted by Crippen LogP contribution is 2.32. The van der Waals surface area contributed by atoms with E-state index in [2.05, 4.69) is 5.32 Å². The third-order valence-electron chi connectivity index (χ3n) is 5.71. The molecule has 4 aromatic carbocycles. The van der Waals surface area contributed by atoms with Crippen LogP contribution >= 0.6 is 11.6 Å². The van der Waals surface area contributed by atoms with Crippen LogP contribution in [0, 0.1) is 6.92 Å². The molecule has 0 aromatic heterocycles. The SMILES string of the molecule is Cc1ccc(S(=O)(=O)N(Cc2ccc(Cl)cc2)c2ccccc2C(=O)Nc2cccc(C(F)(F)F)c2)cc1. The number of amides is 1. The van der Waals surface area contributed by atoms with E-state index in [1.807, 2.05) is 6.92 Å². The summed E-state index contributed by atoms with van der Waals surface area (Å²) < 4.78 is 68.3. The summed E-state index contributed by atoms with van der Waals surface area (Å²) in [5.41, 5.74) is 0.509. The highest BCUT2D eigenvalue weighted by atomic mass is 35.5. The molecule has 0 fully saturated rings. The number of aryl methyl sites for hydroxylation is 1. The molecule has 0 aliphatic carbocycles. The minimum atomic E-state index is -4.59. The molecule has 0 aliphatic heterocycles. The second-order valence-corrected chi connectivity index (χ2v) is 10.8. The number of rotatable bonds is 7. The monoisotopic (exact) mass is 558 g/mol. The first-order valence-electron chi connectivity index (χ1n) is 11.4. The first kappa shape index (κ1) is 27.2. The summed E-state index contributed by atoms with van der Waals surface area (Å²) >= 11 is 5.99. The number of halogens is 4. The van der Waals surface area contributed by atoms with Crippen molar-refractivity contribution in [2.75, 3.05) is 9.62 Å². The summed E-state index contributed by atoms with van der Waals surface area (Å²) in [4.78, 5) is 13.3. The third kappa shape index (κ3) is 6.17. The van der Waals surface area contributed by atoms with E-state index in [1.54, 1.807) is 48.5 Å². The Balaban J connectivity index is 1.77. The highest BCUT2D eigenvalue weighted by Gasteiger charge is 2.31. The lowest BCUT2D eigenvalue weighted by Crippen LogP contribution is -2.32. The Kier molecular flexibility index (Phi) is 7.80. The van der Waals surface area contributed by atoms with Gasteiger partial charge in [0.25, 0.3) is 15.9 Å². The van der Waals surface area contributed by atoms with Gasteiger partial charge < -0.3 is 5.32 Å². The molecule has 5 nitrogen and oxygen atoms in total. The van der Waals surface area contributed by atoms with E-state index in [4.69, 9.17) is 11.6 Å². The van der Waals surface area contributed by atoms with Crippen molar-refractivity contribution in [3.05, 3.63) is 124 Å². The molecule has 38 heavy (non-hydrogen) atoms. The molecule has 0 heterocycles. The molecular weight excluding hydrogens is 537 g/mol. The molecular formula is C28H22ClF3N2O3S. The molecule has 10 heteroatoms. The van der Waals surface area contributed by atoms with Gasteiger partial charge >= 0.3 is 6.18 Å². The average Bonchev–Trinajstić information content (AvgIpc) is 2.88. The second-order valence-electron chi connectivity index (χ2n) is 8.50. The Morgan fingerprint density at radius 1 is 0.895 bits per heavy atom. The number of carbonyl (C=O) groups is 1. The van der Waals surface area contributed by atoms with E-state index >= 15 is 0 Å². The summed E-state index contributed by atoms with van der Waals surface area (Å²) in [5.74, 6) is -0.764. The zero-order valence-electron chi connectivity index (χ0n) is 20.0. The van der Waals surface area contributed by atoms with Crippen molar-refractivity contribution in [1.82, 2.24) is 0 Å². The largest absolute Gasteiger partial charge is 0.416 e. The minimum absolute atomic E-state index is 0.0187. The van der Waals surface area contributed by atoms with Crippen molar-refractivity contribution >= 4 is 38.9 Å². The number of carbonyl (C=O) groups excluding carboxylic acids is 1. The van der Waals surface area contributed by atoms with Gasteiger partial charge in [-0.15, -0.1) is 0 Å². The molecule has 4 rings (SSSR count). The summed E-state index contributed by atoms with van der Waals surface area (Å²) in [6, 6.07) is 23.1. The Morgan fingerprint density at radius 2 is 1.55 bits per heavy atom. The lowest BCUT2D eigenvalue weighted by molar-refractivity contribution is -0.137. The van der Waals surface area contributed by atoms with Gasteiger partial charge in [-0.2, -0.15) is 13.2 Å². The van der Waals surface area contributed by atoms with E-state index in [1.165, 1.54) is 36.4 Å². The molecule has 0 bridgehead atoms. The predicted octanol–water partition coefficient (Wildman–Crippen LogP) is 7.32. The standard InChI is InChI=1S/C28H22ClF3N2O3S/c1-19-9-15-24(16-10-19)38(36,37)34(18-20-11-13-22(29)14-12-20)26-8-3-2-7-25(26)27(35)33-23-6-4-5-21(17-23)28(30,31)32/h2-17H,18H2,1H3,(H,33,35). The Labute approximate surface area is 223 Å². The first-order valence-corrected chi connectivity index (χ1v) is 13.2. The zero-order valence-corrected chi connectivity index (χ0v) is 21.6. The van der Waals surface area contributed by atoms with Crippen molar-refractivity contribution in [3.8, 4) is 0 Å². The topological polar surface area (TPSA) is 66.5 Å². The zero-order chi connectivity index (χ0) is 27.5. The minimum Gasteiger partial charge on any atom is -0.322 e. The van der Waals surface area contributed by atoms with Crippen LogP contribution in [-0.2, 0) is 22.7 Å². The second kappa shape index (κ2) is 10.9. The van der Waals surface area contributed by atoms with Crippen LogP contribution in [0.3, 0.4) is 0 Å². The normalized spacial score (nSPS) is 11.7. The van der Waals surface area contributed by atoms with Gasteiger partial charge in [0.1, 0.15) is 0 Å². The summed E-state index contributed by atoms with van der Waals surface area (Å²) in [6.07, 6.45) is -4.59. The van der Waals surface area contributed by atoms with Crippen LogP contribution in [0.2, 0.25) is 5.02 Å². The maximum atomic E-state index is 13.8. The third-order valence-corrected chi connectivity index (χ3v) is 7.74. The van der Waals surface area contributed by atoms with E-state index in [0.29, 0.717) is 10.6 Å². The van der Waals surface area contributed by atoms with E-state index in [0.717, 1.165) is 22.0 Å². The number of benzene rings is 4. The molecule has 0 aliphatic rings. The van der Waals surface area contributed by atoms with Crippen LogP contribution in [0.5, 0.6) is 0 Å². The molecule has 0 spiro atoms. The first-order chi connectivity index (χ1) is 17.9. The van der Waals surface area contributed by atoms with E-state index < -0.39 is 27.7 Å². The van der Waals surface area contributed by atoms with Gasteiger partial charge in [-0.25, -0.2) is 8.42 Å². The Hall–Kier alpha value is -3.82. The van der Waals surface area contributed by atoms with Gasteiger partial charge in [0, 0.05) is 10.7 Å². The molecule has 4 aromatic rings. The molecule has 0 radical (unpaired) electrons. The van der Waals surface area contributed by atoms with Crippen LogP contribution in [-0.4, -0.2) is 14.3 Å². The lowest BCUT2D eigenvalue weighted by Gasteiger charge is -2.27. The summed E-state index contributed by atoms with van der Waals surface area (Å²) in [6.45, 7) is 1.70. The van der Waals surface area contributed by atoms with Gasteiger partial charge in [-0.05, 0) is 67.1 Å². The van der Waals surface area contributed by atoms with Crippen LogP contribution in [0.25, 0.3) is 0 Å². The smallest absolute Gasteiger partial charge is 0.322 e. The van der Waals surface area contributed by atoms with Gasteiger partial charge in [-0.3, -0.25) is 9.10 Å². The van der Waals surface area contributed by atoms with Gasteiger partial charge in [0.05, 0.1) is 28.3 Å². The summed E-state index contributed by atoms with van der Waals surface area (Å²) in [5, 5.41) is 2.93. The number of sulfonamides is 1. The van der Waals surface area contributed by atoms with Crippen LogP contribution < -0.4 is 9.62 Å². The van der Waals surface area contributed by atoms with E-state index in [-0.39, 0.29) is 28.4 Å². The number of hydrogen-bond donors (Lipinski definition) is 1. The number of hydrogen-bond acceptors (Lipinski definition) is 3. The quantitative estimate of drug-likeness (QED) is 0.258. The number of alkyl halides is 3. The number of nitrogens with one attached hydrogen (secondary N) is 1. The van der Waals surface area contributed by atoms with Crippen LogP contribution in [0.15, 0.2) is 102 Å². The van der Waals surface area contributed by atoms with Crippen molar-refractivity contribution in [2.24, 2.45) is 0 Å². The van der Waals surface area contributed by atoms with Crippen molar-refractivity contribution in [1.29, 1.82) is 0 Å². The maximum absolute atomic E-state index is 13.8. The van der Waals surface area contributed by atoms with Crippen molar-refractivity contribution in [2.45, 2.75) is 24.5 Å². The van der Waals surface area contributed by atoms with Crippen LogP contribution in [0.1, 0.15) is 27.0 Å². The highest BCUT2D eigenvalue weighted by molar-refractivity contribution is 7.92. The molecule has 0 unspecified atom stereocenters. The number of anilines is 2. The predicted molar refractivity (Wildman–Crippen MR) is 142 cm³/mol. The lowest BCUT2D eigenvalue weighted by atomic mass is 10.1. The molecule has 1 N–H and O–H groups in total. The van der Waals surface area contributed by atoms with Gasteiger partial charge in [0.2, 0.25) is 0 Å². The fourth-order valence-corrected chi connectivity index (χ4v) is 5.35. The molecule has 0 saturated heterocycles. The van der Waals surface area contributed by atoms with Crippen molar-refractivity contribution < 1.29 is 26.4 Å².